The lowest BCUT2D eigenvalue weighted by Gasteiger charge is -2.07. The minimum Gasteiger partial charge on any atom is -0.494 e. The number of unbranched alkanes of at least 4 members (excludes halogenated alkanes) is 9. The molecule has 0 aliphatic rings. The summed E-state index contributed by atoms with van der Waals surface area (Å²) < 4.78 is 5.86. The third kappa shape index (κ3) is 9.18. The van der Waals surface area contributed by atoms with E-state index in [1.165, 1.54) is 57.8 Å². The van der Waals surface area contributed by atoms with E-state index in [4.69, 9.17) is 10.5 Å². The van der Waals surface area contributed by atoms with Crippen LogP contribution in [0.5, 0.6) is 5.75 Å². The molecule has 2 aromatic carbocycles. The molecule has 0 aliphatic carbocycles. The van der Waals surface area contributed by atoms with Crippen molar-refractivity contribution in [1.29, 1.82) is 5.26 Å². The van der Waals surface area contributed by atoms with Gasteiger partial charge in [-0.3, -0.25) is 0 Å². The van der Waals surface area contributed by atoms with Crippen LogP contribution in [0.3, 0.4) is 0 Å². The van der Waals surface area contributed by atoms with Gasteiger partial charge in [0.15, 0.2) is 0 Å². The molecule has 0 bridgehead atoms. The van der Waals surface area contributed by atoms with Crippen molar-refractivity contribution in [2.45, 2.75) is 71.1 Å². The number of ether oxygens (including phenoxy) is 1. The Balaban J connectivity index is 1.66. The van der Waals surface area contributed by atoms with Crippen molar-refractivity contribution in [3.8, 4) is 11.8 Å². The van der Waals surface area contributed by atoms with Crippen molar-refractivity contribution in [3.05, 3.63) is 59.7 Å². The maximum atomic E-state index is 9.46. The Kier molecular flexibility index (Phi) is 11.2. The Labute approximate surface area is 182 Å². The van der Waals surface area contributed by atoms with E-state index in [0.717, 1.165) is 29.9 Å². The molecule has 2 N–H and O–H groups in total. The van der Waals surface area contributed by atoms with Gasteiger partial charge in [0.2, 0.25) is 0 Å². The van der Waals surface area contributed by atoms with E-state index in [0.29, 0.717) is 11.3 Å². The van der Waals surface area contributed by atoms with Crippen LogP contribution in [0.4, 0.5) is 5.69 Å². The Bertz CT molecular complexity index is 785. The van der Waals surface area contributed by atoms with E-state index < -0.39 is 0 Å². The van der Waals surface area contributed by atoms with Gasteiger partial charge in [0.25, 0.3) is 0 Å². The minimum atomic E-state index is 0.619. The first-order chi connectivity index (χ1) is 14.7. The van der Waals surface area contributed by atoms with E-state index in [1.807, 2.05) is 54.6 Å². The second kappa shape index (κ2) is 14.3. The highest BCUT2D eigenvalue weighted by atomic mass is 16.5. The van der Waals surface area contributed by atoms with Gasteiger partial charge in [-0.2, -0.15) is 5.26 Å². The smallest absolute Gasteiger partial charge is 0.119 e. The Morgan fingerprint density at radius 3 is 1.97 bits per heavy atom. The number of allylic oxidation sites excluding steroid dienone is 1. The van der Waals surface area contributed by atoms with E-state index in [1.54, 1.807) is 0 Å². The van der Waals surface area contributed by atoms with Crippen LogP contribution < -0.4 is 10.5 Å². The molecular formula is C27H36N2O. The molecule has 3 heteroatoms. The molecule has 0 aromatic heterocycles. The van der Waals surface area contributed by atoms with Gasteiger partial charge < -0.3 is 10.5 Å². The summed E-state index contributed by atoms with van der Waals surface area (Å²) in [6.45, 7) is 3.03. The largest absolute Gasteiger partial charge is 0.494 e. The summed E-state index contributed by atoms with van der Waals surface area (Å²) in [5.41, 5.74) is 8.89. The second-order valence-electron chi connectivity index (χ2n) is 7.89. The van der Waals surface area contributed by atoms with Crippen molar-refractivity contribution in [1.82, 2.24) is 0 Å². The highest BCUT2D eigenvalue weighted by Crippen LogP contribution is 2.21. The molecule has 2 aromatic rings. The predicted molar refractivity (Wildman–Crippen MR) is 128 cm³/mol. The van der Waals surface area contributed by atoms with E-state index in [9.17, 15) is 5.26 Å². The molecule has 30 heavy (non-hydrogen) atoms. The molecule has 0 heterocycles. The number of nitrogen functional groups attached to an aromatic ring is 1. The summed E-state index contributed by atoms with van der Waals surface area (Å²) >= 11 is 0. The Morgan fingerprint density at radius 1 is 0.833 bits per heavy atom. The fraction of sp³-hybridized carbons (Fsp3) is 0.444. The molecule has 0 unspecified atom stereocenters. The molecule has 0 radical (unpaired) electrons. The number of benzene rings is 2. The quantitative estimate of drug-likeness (QED) is 0.152. The second-order valence-corrected chi connectivity index (χ2v) is 7.89. The van der Waals surface area contributed by atoms with Gasteiger partial charge in [-0.15, -0.1) is 0 Å². The molecule has 0 aliphatic heterocycles. The summed E-state index contributed by atoms with van der Waals surface area (Å²) in [5.74, 6) is 0.883. The first-order valence-electron chi connectivity index (χ1n) is 11.4. The maximum Gasteiger partial charge on any atom is 0.119 e. The van der Waals surface area contributed by atoms with Gasteiger partial charge in [-0.25, -0.2) is 0 Å². The van der Waals surface area contributed by atoms with Gasteiger partial charge in [0, 0.05) is 5.69 Å². The number of nitrogens with zero attached hydrogens (tertiary/aromatic N) is 1. The molecule has 3 nitrogen and oxygen atoms in total. The summed E-state index contributed by atoms with van der Waals surface area (Å²) in [6, 6.07) is 17.5. The SMILES string of the molecule is CCCCCCCCCCCCOc1ccc(/C=C(\C#N)c2ccc(N)cc2)cc1. The molecule has 0 saturated heterocycles. The first kappa shape index (κ1) is 23.5. The van der Waals surface area contributed by atoms with Gasteiger partial charge in [-0.1, -0.05) is 89.0 Å². The van der Waals surface area contributed by atoms with Crippen LogP contribution in [0.25, 0.3) is 11.6 Å². The predicted octanol–water partition coefficient (Wildman–Crippen LogP) is 7.63. The van der Waals surface area contributed by atoms with E-state index in [-0.39, 0.29) is 0 Å². The Hall–Kier alpha value is -2.73. The molecule has 0 fully saturated rings. The van der Waals surface area contributed by atoms with Crippen molar-refractivity contribution in [2.75, 3.05) is 12.3 Å². The number of nitrogens with two attached hydrogens (primary N) is 1. The van der Waals surface area contributed by atoms with Crippen molar-refractivity contribution in [3.63, 3.8) is 0 Å². The monoisotopic (exact) mass is 404 g/mol. The topological polar surface area (TPSA) is 59.0 Å². The highest BCUT2D eigenvalue weighted by Gasteiger charge is 2.02. The molecule has 160 valence electrons. The van der Waals surface area contributed by atoms with Crippen LogP contribution >= 0.6 is 0 Å². The number of hydrogen-bond donors (Lipinski definition) is 1. The summed E-state index contributed by atoms with van der Waals surface area (Å²) in [6.07, 6.45) is 15.2. The van der Waals surface area contributed by atoms with Crippen molar-refractivity contribution >= 4 is 17.3 Å². The number of rotatable bonds is 14. The lowest BCUT2D eigenvalue weighted by Crippen LogP contribution is -1.97. The summed E-state index contributed by atoms with van der Waals surface area (Å²) in [4.78, 5) is 0. The van der Waals surface area contributed by atoms with Gasteiger partial charge in [0.1, 0.15) is 5.75 Å². The lowest BCUT2D eigenvalue weighted by atomic mass is 10.0. The normalized spacial score (nSPS) is 11.3. The highest BCUT2D eigenvalue weighted by molar-refractivity contribution is 5.89. The lowest BCUT2D eigenvalue weighted by molar-refractivity contribution is 0.304. The minimum absolute atomic E-state index is 0.619. The van der Waals surface area contributed by atoms with Crippen molar-refractivity contribution < 1.29 is 4.74 Å². The van der Waals surface area contributed by atoms with Crippen LogP contribution in [-0.4, -0.2) is 6.61 Å². The molecular weight excluding hydrogens is 368 g/mol. The number of anilines is 1. The zero-order valence-electron chi connectivity index (χ0n) is 18.4. The van der Waals surface area contributed by atoms with Crippen LogP contribution in [0.15, 0.2) is 48.5 Å². The first-order valence-corrected chi connectivity index (χ1v) is 11.4. The average molecular weight is 405 g/mol. The molecule has 0 saturated carbocycles. The third-order valence-electron chi connectivity index (χ3n) is 5.30. The van der Waals surface area contributed by atoms with Crippen molar-refractivity contribution in [2.24, 2.45) is 0 Å². The average Bonchev–Trinajstić information content (AvgIpc) is 2.77. The number of hydrogen-bond acceptors (Lipinski definition) is 3. The van der Waals surface area contributed by atoms with E-state index in [2.05, 4.69) is 13.0 Å². The molecule has 0 spiro atoms. The molecule has 0 amide bonds. The van der Waals surface area contributed by atoms with Crippen LogP contribution in [0.1, 0.15) is 82.3 Å². The van der Waals surface area contributed by atoms with E-state index >= 15 is 0 Å². The third-order valence-corrected chi connectivity index (χ3v) is 5.30. The van der Waals surface area contributed by atoms with Crippen LogP contribution in [0.2, 0.25) is 0 Å². The summed E-state index contributed by atoms with van der Waals surface area (Å²) in [7, 11) is 0. The van der Waals surface area contributed by atoms with Crippen LogP contribution in [0, 0.1) is 11.3 Å². The maximum absolute atomic E-state index is 9.46. The standard InChI is InChI=1S/C27H36N2O/c1-2-3-4-5-6-7-8-9-10-11-20-30-27-18-12-23(13-19-27)21-25(22-28)24-14-16-26(29)17-15-24/h12-19,21H,2-11,20,29H2,1H3/b25-21+. The fourth-order valence-corrected chi connectivity index (χ4v) is 3.45. The molecule has 0 atom stereocenters. The summed E-state index contributed by atoms with van der Waals surface area (Å²) in [5, 5.41) is 9.46. The molecule has 2 rings (SSSR count). The zero-order valence-corrected chi connectivity index (χ0v) is 18.4. The van der Waals surface area contributed by atoms with Gasteiger partial charge in [0.05, 0.1) is 18.2 Å². The fourth-order valence-electron chi connectivity index (χ4n) is 3.45. The van der Waals surface area contributed by atoms with Gasteiger partial charge >= 0.3 is 0 Å². The van der Waals surface area contributed by atoms with Crippen LogP contribution in [-0.2, 0) is 0 Å². The number of nitriles is 1. The van der Waals surface area contributed by atoms with Gasteiger partial charge in [-0.05, 0) is 47.9 Å². The zero-order chi connectivity index (χ0) is 21.4. The Morgan fingerprint density at radius 2 is 1.40 bits per heavy atom.